The highest BCUT2D eigenvalue weighted by Gasteiger charge is 2.27. The summed E-state index contributed by atoms with van der Waals surface area (Å²) in [4.78, 5) is 29.7. The van der Waals surface area contributed by atoms with Crippen molar-refractivity contribution in [3.63, 3.8) is 0 Å². The van der Waals surface area contributed by atoms with Crippen LogP contribution in [0.25, 0.3) is 0 Å². The number of amides is 2. The van der Waals surface area contributed by atoms with Gasteiger partial charge >= 0.3 is 0 Å². The number of hydrogen-bond donors (Lipinski definition) is 1. The van der Waals surface area contributed by atoms with Crippen LogP contribution in [0.2, 0.25) is 5.02 Å². The van der Waals surface area contributed by atoms with Crippen LogP contribution >= 0.6 is 11.6 Å². The minimum absolute atomic E-state index is 0.00433. The lowest BCUT2D eigenvalue weighted by Gasteiger charge is -2.31. The van der Waals surface area contributed by atoms with Gasteiger partial charge in [-0.25, -0.2) is 0 Å². The Morgan fingerprint density at radius 1 is 0.879 bits per heavy atom. The summed E-state index contributed by atoms with van der Waals surface area (Å²) in [5.41, 5.74) is 3.09. The zero-order valence-corrected chi connectivity index (χ0v) is 20.2. The second kappa shape index (κ2) is 11.2. The van der Waals surface area contributed by atoms with Crippen molar-refractivity contribution in [1.82, 2.24) is 15.1 Å². The Hall–Kier alpha value is -2.37. The summed E-state index contributed by atoms with van der Waals surface area (Å²) in [7, 11) is 0. The van der Waals surface area contributed by atoms with Gasteiger partial charge in [-0.1, -0.05) is 42.8 Å². The van der Waals surface area contributed by atoms with Gasteiger partial charge in [0.1, 0.15) is 0 Å². The molecule has 0 aromatic heterocycles. The molecule has 2 fully saturated rings. The molecule has 1 N–H and O–H groups in total. The van der Waals surface area contributed by atoms with Gasteiger partial charge in [0, 0.05) is 42.7 Å². The van der Waals surface area contributed by atoms with Crippen LogP contribution in [0.4, 0.5) is 0 Å². The molecule has 0 aliphatic carbocycles. The van der Waals surface area contributed by atoms with Gasteiger partial charge in [-0.15, -0.1) is 0 Å². The SMILES string of the molecule is CC1CCN(Cc2ccc(CNC(=O)C3CCN(C(=O)c4ccc(Cl)cc4)CC3)cc2)CC1. The van der Waals surface area contributed by atoms with Crippen molar-refractivity contribution < 1.29 is 9.59 Å². The Kier molecular flexibility index (Phi) is 8.05. The van der Waals surface area contributed by atoms with Crippen LogP contribution in [-0.2, 0) is 17.9 Å². The van der Waals surface area contributed by atoms with E-state index in [2.05, 4.69) is 41.4 Å². The molecule has 5 nitrogen and oxygen atoms in total. The number of likely N-dealkylation sites (tertiary alicyclic amines) is 2. The van der Waals surface area contributed by atoms with Crippen LogP contribution in [-0.4, -0.2) is 47.8 Å². The maximum absolute atomic E-state index is 12.7. The van der Waals surface area contributed by atoms with E-state index in [1.165, 1.54) is 31.5 Å². The first-order valence-corrected chi connectivity index (χ1v) is 12.5. The number of halogens is 1. The van der Waals surface area contributed by atoms with E-state index in [0.29, 0.717) is 43.1 Å². The summed E-state index contributed by atoms with van der Waals surface area (Å²) in [5, 5.41) is 3.71. The second-order valence-electron chi connectivity index (χ2n) is 9.57. The number of nitrogens with one attached hydrogen (secondary N) is 1. The number of piperidine rings is 2. The molecule has 2 heterocycles. The molecule has 2 aliphatic rings. The van der Waals surface area contributed by atoms with E-state index in [1.807, 2.05) is 4.90 Å². The highest BCUT2D eigenvalue weighted by Crippen LogP contribution is 2.21. The zero-order chi connectivity index (χ0) is 23.2. The molecule has 2 aromatic carbocycles. The van der Waals surface area contributed by atoms with Gasteiger partial charge in [0.25, 0.3) is 5.91 Å². The van der Waals surface area contributed by atoms with Crippen LogP contribution in [0.3, 0.4) is 0 Å². The van der Waals surface area contributed by atoms with E-state index < -0.39 is 0 Å². The molecule has 0 spiro atoms. The maximum atomic E-state index is 12.7. The number of carbonyl (C=O) groups excluding carboxylic acids is 2. The quantitative estimate of drug-likeness (QED) is 0.667. The molecule has 2 amide bonds. The van der Waals surface area contributed by atoms with Crippen LogP contribution in [0, 0.1) is 11.8 Å². The van der Waals surface area contributed by atoms with Crippen LogP contribution in [0.1, 0.15) is 54.1 Å². The molecule has 2 aromatic rings. The topological polar surface area (TPSA) is 52.7 Å². The Morgan fingerprint density at radius 2 is 1.48 bits per heavy atom. The first-order valence-electron chi connectivity index (χ1n) is 12.1. The fourth-order valence-electron chi connectivity index (χ4n) is 4.69. The highest BCUT2D eigenvalue weighted by atomic mass is 35.5. The zero-order valence-electron chi connectivity index (χ0n) is 19.4. The third-order valence-electron chi connectivity index (χ3n) is 7.02. The Morgan fingerprint density at radius 3 is 2.12 bits per heavy atom. The van der Waals surface area contributed by atoms with Crippen molar-refractivity contribution in [2.75, 3.05) is 26.2 Å². The van der Waals surface area contributed by atoms with Gasteiger partial charge < -0.3 is 10.2 Å². The molecule has 176 valence electrons. The Balaban J connectivity index is 1.19. The van der Waals surface area contributed by atoms with Crippen LogP contribution < -0.4 is 5.32 Å². The summed E-state index contributed by atoms with van der Waals surface area (Å²) in [6.07, 6.45) is 3.97. The van der Waals surface area contributed by atoms with Gasteiger partial charge in [0.15, 0.2) is 0 Å². The third kappa shape index (κ3) is 6.58. The largest absolute Gasteiger partial charge is 0.352 e. The number of hydrogen-bond acceptors (Lipinski definition) is 3. The molecule has 0 bridgehead atoms. The summed E-state index contributed by atoms with van der Waals surface area (Å²) in [5.74, 6) is 0.897. The van der Waals surface area contributed by atoms with Crippen LogP contribution in [0.5, 0.6) is 0 Å². The second-order valence-corrected chi connectivity index (χ2v) is 10.0. The summed E-state index contributed by atoms with van der Waals surface area (Å²) < 4.78 is 0. The standard InChI is InChI=1S/C27H34ClN3O2/c1-20-10-14-30(15-11-20)19-22-4-2-21(3-5-22)18-29-26(32)23-12-16-31(17-13-23)27(33)24-6-8-25(28)9-7-24/h2-9,20,23H,10-19H2,1H3,(H,29,32). The van der Waals surface area contributed by atoms with E-state index in [1.54, 1.807) is 24.3 Å². The molecule has 0 saturated carbocycles. The van der Waals surface area contributed by atoms with E-state index in [0.717, 1.165) is 18.0 Å². The van der Waals surface area contributed by atoms with Crippen molar-refractivity contribution in [1.29, 1.82) is 0 Å². The van der Waals surface area contributed by atoms with Crippen molar-refractivity contribution >= 4 is 23.4 Å². The average molecular weight is 468 g/mol. The first kappa shape index (κ1) is 23.8. The molecule has 33 heavy (non-hydrogen) atoms. The predicted molar refractivity (Wildman–Crippen MR) is 132 cm³/mol. The molecule has 0 unspecified atom stereocenters. The normalized spacial score (nSPS) is 18.3. The van der Waals surface area contributed by atoms with E-state index in [9.17, 15) is 9.59 Å². The van der Waals surface area contributed by atoms with Crippen molar-refractivity contribution in [3.8, 4) is 0 Å². The number of carbonyl (C=O) groups is 2. The monoisotopic (exact) mass is 467 g/mol. The number of rotatable bonds is 6. The Labute approximate surface area is 202 Å². The lowest BCUT2D eigenvalue weighted by atomic mass is 9.95. The molecule has 0 atom stereocenters. The van der Waals surface area contributed by atoms with Crippen molar-refractivity contribution in [2.24, 2.45) is 11.8 Å². The fourth-order valence-corrected chi connectivity index (χ4v) is 4.82. The van der Waals surface area contributed by atoms with Crippen LogP contribution in [0.15, 0.2) is 48.5 Å². The molecule has 0 radical (unpaired) electrons. The summed E-state index contributed by atoms with van der Waals surface area (Å²) in [6, 6.07) is 15.6. The fraction of sp³-hybridized carbons (Fsp3) is 0.481. The molecule has 2 saturated heterocycles. The molecule has 6 heteroatoms. The van der Waals surface area contributed by atoms with Gasteiger partial charge in [-0.3, -0.25) is 14.5 Å². The predicted octanol–water partition coefficient (Wildman–Crippen LogP) is 4.74. The smallest absolute Gasteiger partial charge is 0.253 e. The first-order chi connectivity index (χ1) is 16.0. The van der Waals surface area contributed by atoms with Gasteiger partial charge in [0.05, 0.1) is 0 Å². The lowest BCUT2D eigenvalue weighted by Crippen LogP contribution is -2.42. The van der Waals surface area contributed by atoms with Gasteiger partial charge in [0.2, 0.25) is 5.91 Å². The average Bonchev–Trinajstić information content (AvgIpc) is 2.85. The van der Waals surface area contributed by atoms with Gasteiger partial charge in [-0.2, -0.15) is 0 Å². The summed E-state index contributed by atoms with van der Waals surface area (Å²) >= 11 is 5.91. The highest BCUT2D eigenvalue weighted by molar-refractivity contribution is 6.30. The lowest BCUT2D eigenvalue weighted by molar-refractivity contribution is -0.126. The minimum Gasteiger partial charge on any atom is -0.352 e. The molecule has 2 aliphatic heterocycles. The number of benzene rings is 2. The third-order valence-corrected chi connectivity index (χ3v) is 7.27. The van der Waals surface area contributed by atoms with E-state index in [4.69, 9.17) is 11.6 Å². The van der Waals surface area contributed by atoms with E-state index >= 15 is 0 Å². The number of nitrogens with zero attached hydrogens (tertiary/aromatic N) is 2. The molecule has 4 rings (SSSR count). The molecular weight excluding hydrogens is 434 g/mol. The summed E-state index contributed by atoms with van der Waals surface area (Å²) in [6.45, 7) is 7.46. The van der Waals surface area contributed by atoms with Gasteiger partial charge in [-0.05, 0) is 80.1 Å². The van der Waals surface area contributed by atoms with E-state index in [-0.39, 0.29) is 17.7 Å². The van der Waals surface area contributed by atoms with Crippen molar-refractivity contribution in [2.45, 2.75) is 45.7 Å². The Bertz CT molecular complexity index is 929. The van der Waals surface area contributed by atoms with Crippen molar-refractivity contribution in [3.05, 3.63) is 70.2 Å². The minimum atomic E-state index is -0.0416. The maximum Gasteiger partial charge on any atom is 0.253 e. The molecular formula is C27H34ClN3O2.